The van der Waals surface area contributed by atoms with E-state index in [0.29, 0.717) is 62.1 Å². The monoisotopic (exact) mass is 1130 g/mol. The molecule has 0 aliphatic carbocycles. The number of amides is 5. The topological polar surface area (TPSA) is 158 Å². The number of hydrogen-bond donors (Lipinski definition) is 5. The van der Waals surface area contributed by atoms with Gasteiger partial charge in [-0.25, -0.2) is 0 Å². The second-order valence-electron chi connectivity index (χ2n) is 19.1. The molecule has 5 amide bonds. The van der Waals surface area contributed by atoms with Gasteiger partial charge in [0.25, 0.3) is 29.5 Å². The molecule has 0 aliphatic rings. The molecular weight excluding hydrogens is 1080 g/mol. The van der Waals surface area contributed by atoms with E-state index in [1.165, 1.54) is 42.1 Å². The van der Waals surface area contributed by atoms with E-state index < -0.39 is 35.3 Å². The lowest BCUT2D eigenvalue weighted by Crippen LogP contribution is -2.23. The molecular formula is C67H52F6N6O5. The van der Waals surface area contributed by atoms with Gasteiger partial charge in [-0.1, -0.05) is 129 Å². The zero-order chi connectivity index (χ0) is 59.8. The summed E-state index contributed by atoms with van der Waals surface area (Å²) >= 11 is 0. The van der Waals surface area contributed by atoms with E-state index in [0.717, 1.165) is 35.4 Å². The zero-order valence-electron chi connectivity index (χ0n) is 45.0. The van der Waals surface area contributed by atoms with Crippen LogP contribution in [0, 0.1) is 11.8 Å². The normalized spacial score (nSPS) is 11.0. The van der Waals surface area contributed by atoms with Gasteiger partial charge in [0.05, 0.1) is 17.7 Å². The smallest absolute Gasteiger partial charge is 0.348 e. The third-order valence-corrected chi connectivity index (χ3v) is 12.9. The Balaban J connectivity index is 0.000000220. The van der Waals surface area contributed by atoms with Crippen molar-refractivity contribution in [1.82, 2.24) is 15.6 Å². The van der Waals surface area contributed by atoms with E-state index >= 15 is 0 Å². The quantitative estimate of drug-likeness (QED) is 0.0539. The number of benzene rings is 8. The maximum Gasteiger partial charge on any atom is 0.416 e. The van der Waals surface area contributed by atoms with Crippen LogP contribution in [0.5, 0.6) is 0 Å². The Labute approximate surface area is 480 Å². The molecule has 8 aromatic carbocycles. The molecule has 0 radical (unpaired) electrons. The molecule has 17 heteroatoms. The van der Waals surface area contributed by atoms with E-state index in [1.807, 2.05) is 24.3 Å². The van der Waals surface area contributed by atoms with Gasteiger partial charge in [0.2, 0.25) is 0 Å². The fraction of sp³-hybridized carbons (Fsp3) is 0.104. The van der Waals surface area contributed by atoms with E-state index in [9.17, 15) is 50.3 Å². The molecule has 0 atom stereocenters. The van der Waals surface area contributed by atoms with Crippen molar-refractivity contribution in [2.45, 2.75) is 38.7 Å². The van der Waals surface area contributed by atoms with E-state index in [1.54, 1.807) is 133 Å². The molecule has 0 bridgehead atoms. The van der Waals surface area contributed by atoms with Crippen LogP contribution in [0.3, 0.4) is 0 Å². The molecule has 1 heterocycles. The van der Waals surface area contributed by atoms with Gasteiger partial charge in [0.1, 0.15) is 5.69 Å². The van der Waals surface area contributed by atoms with Crippen molar-refractivity contribution in [3.8, 4) is 34.1 Å². The molecule has 9 aromatic rings. The Hall–Kier alpha value is -10.6. The molecule has 0 fully saturated rings. The first-order valence-electron chi connectivity index (χ1n) is 26.1. The Morgan fingerprint density at radius 1 is 0.464 bits per heavy atom. The molecule has 1 aromatic heterocycles. The van der Waals surface area contributed by atoms with Crippen molar-refractivity contribution in [3.05, 3.63) is 274 Å². The maximum atomic E-state index is 13.2. The number of anilines is 3. The summed E-state index contributed by atoms with van der Waals surface area (Å²) in [6.45, 7) is 4.63. The molecule has 422 valence electrons. The van der Waals surface area contributed by atoms with Crippen molar-refractivity contribution in [2.24, 2.45) is 0 Å². The lowest BCUT2D eigenvalue weighted by atomic mass is 9.98. The third-order valence-electron chi connectivity index (χ3n) is 12.9. The van der Waals surface area contributed by atoms with E-state index in [-0.39, 0.29) is 41.9 Å². The van der Waals surface area contributed by atoms with Crippen LogP contribution in [0.15, 0.2) is 219 Å². The fourth-order valence-electron chi connectivity index (χ4n) is 8.42. The summed E-state index contributed by atoms with van der Waals surface area (Å²) in [7, 11) is 0. The molecule has 0 spiro atoms. The van der Waals surface area contributed by atoms with Gasteiger partial charge in [-0.05, 0) is 148 Å². The van der Waals surface area contributed by atoms with Gasteiger partial charge < -0.3 is 26.6 Å². The second-order valence-corrected chi connectivity index (χ2v) is 19.1. The number of hydrogen-bond acceptors (Lipinski definition) is 6. The molecule has 0 saturated carbocycles. The van der Waals surface area contributed by atoms with Crippen molar-refractivity contribution in [2.75, 3.05) is 22.5 Å². The highest BCUT2D eigenvalue weighted by molar-refractivity contribution is 6.10. The SMILES string of the molecule is CC(C)c1ccc(C#CCNC(=O)c2cccc(NC(=O)c3ccccc3-c3ccc(C(F)(F)F)cc3)c2)cc1.O=C(NCc1ccc(NC(=O)c2ccccn2)cc1)c1cccc(NC(=O)c2ccccc2-c2ccc(C(F)(F)F)cc2)c1. The standard InChI is InChI=1S/C34H25F3N4O3.C33H27F3N2O2/c35-34(36,37)25-15-13-23(14-16-25)28-8-1-2-9-29(28)32(43)41-27-7-5-6-24(20-27)31(42)39-21-22-11-17-26(18-12-22)40-33(44)30-10-3-4-19-38-30;1-22(2)24-14-12-23(13-15-24)7-6-20-37-31(39)26-8-5-9-28(21-26)38-32(40)30-11-4-3-10-29(30)25-16-18-27(19-17-25)33(34,35)36/h1-20H,21H2,(H,39,42)(H,40,44)(H,41,43);3-5,8-19,21-22H,20H2,1-2H3,(H,37,39)(H,38,40). The first-order valence-corrected chi connectivity index (χ1v) is 26.1. The van der Waals surface area contributed by atoms with Crippen LogP contribution in [0.4, 0.5) is 43.4 Å². The predicted molar refractivity (Wildman–Crippen MR) is 312 cm³/mol. The summed E-state index contributed by atoms with van der Waals surface area (Å²) in [5.41, 5.74) is 6.11. The summed E-state index contributed by atoms with van der Waals surface area (Å²) < 4.78 is 77.8. The summed E-state index contributed by atoms with van der Waals surface area (Å²) in [5, 5.41) is 13.9. The average molecular weight is 1140 g/mol. The van der Waals surface area contributed by atoms with Gasteiger partial charge in [-0.2, -0.15) is 26.3 Å². The van der Waals surface area contributed by atoms with Crippen LogP contribution >= 0.6 is 0 Å². The number of carbonyl (C=O) groups is 5. The lowest BCUT2D eigenvalue weighted by molar-refractivity contribution is -0.138. The van der Waals surface area contributed by atoms with Crippen molar-refractivity contribution >= 4 is 46.6 Å². The maximum absolute atomic E-state index is 13.2. The van der Waals surface area contributed by atoms with Crippen LogP contribution in [0.25, 0.3) is 22.3 Å². The number of nitrogens with zero attached hydrogens (tertiary/aromatic N) is 1. The first kappa shape index (κ1) is 59.5. The highest BCUT2D eigenvalue weighted by atomic mass is 19.4. The molecule has 0 saturated heterocycles. The van der Waals surface area contributed by atoms with E-state index in [4.69, 9.17) is 0 Å². The summed E-state index contributed by atoms with van der Waals surface area (Å²) in [5.74, 6) is 4.43. The molecule has 0 unspecified atom stereocenters. The Kier molecular flexibility index (Phi) is 19.3. The third kappa shape index (κ3) is 16.3. The van der Waals surface area contributed by atoms with Gasteiger partial charge in [-0.3, -0.25) is 29.0 Å². The van der Waals surface area contributed by atoms with Crippen LogP contribution in [-0.2, 0) is 18.9 Å². The zero-order valence-corrected chi connectivity index (χ0v) is 45.0. The predicted octanol–water partition coefficient (Wildman–Crippen LogP) is 14.7. The average Bonchev–Trinajstić information content (AvgIpc) is 3.54. The number of alkyl halides is 6. The molecule has 84 heavy (non-hydrogen) atoms. The Morgan fingerprint density at radius 2 is 0.940 bits per heavy atom. The number of nitrogens with one attached hydrogen (secondary N) is 5. The second kappa shape index (κ2) is 27.2. The highest BCUT2D eigenvalue weighted by Crippen LogP contribution is 2.34. The summed E-state index contributed by atoms with van der Waals surface area (Å²) in [6, 6.07) is 55.4. The Bertz CT molecular complexity index is 3860. The van der Waals surface area contributed by atoms with Crippen molar-refractivity contribution < 1.29 is 50.3 Å². The number of rotatable bonds is 14. The van der Waals surface area contributed by atoms with Crippen LogP contribution in [-0.4, -0.2) is 41.1 Å². The highest BCUT2D eigenvalue weighted by Gasteiger charge is 2.31. The molecule has 11 nitrogen and oxygen atoms in total. The fourth-order valence-corrected chi connectivity index (χ4v) is 8.42. The molecule has 9 rings (SSSR count). The molecule has 5 N–H and O–H groups in total. The summed E-state index contributed by atoms with van der Waals surface area (Å²) in [6.07, 6.45) is -7.37. The van der Waals surface area contributed by atoms with Crippen LogP contribution in [0.2, 0.25) is 0 Å². The largest absolute Gasteiger partial charge is 0.416 e. The van der Waals surface area contributed by atoms with Crippen molar-refractivity contribution in [3.63, 3.8) is 0 Å². The minimum absolute atomic E-state index is 0.155. The Morgan fingerprint density at radius 3 is 1.42 bits per heavy atom. The number of pyridine rings is 1. The van der Waals surface area contributed by atoms with Gasteiger partial charge in [0, 0.05) is 57.6 Å². The van der Waals surface area contributed by atoms with Crippen LogP contribution in [0.1, 0.15) is 99.5 Å². The van der Waals surface area contributed by atoms with Gasteiger partial charge >= 0.3 is 12.4 Å². The first-order chi connectivity index (χ1) is 40.3. The number of aromatic nitrogens is 1. The number of carbonyl (C=O) groups excluding carboxylic acids is 5. The van der Waals surface area contributed by atoms with E-state index in [2.05, 4.69) is 57.3 Å². The lowest BCUT2D eigenvalue weighted by Gasteiger charge is -2.13. The van der Waals surface area contributed by atoms with Crippen molar-refractivity contribution in [1.29, 1.82) is 0 Å². The van der Waals surface area contributed by atoms with Crippen LogP contribution < -0.4 is 26.6 Å². The summed E-state index contributed by atoms with van der Waals surface area (Å²) in [4.78, 5) is 68.1. The van der Waals surface area contributed by atoms with Gasteiger partial charge in [-0.15, -0.1) is 0 Å². The molecule has 0 aliphatic heterocycles. The minimum atomic E-state index is -4.46. The number of halogens is 6. The van der Waals surface area contributed by atoms with Gasteiger partial charge in [0.15, 0.2) is 0 Å². The minimum Gasteiger partial charge on any atom is -0.348 e.